The van der Waals surface area contributed by atoms with E-state index in [-0.39, 0.29) is 0 Å². The molecule has 1 aliphatic carbocycles. The molecule has 1 unspecified atom stereocenters. The quantitative estimate of drug-likeness (QED) is 0.840. The van der Waals surface area contributed by atoms with Crippen LogP contribution < -0.4 is 10.2 Å². The summed E-state index contributed by atoms with van der Waals surface area (Å²) in [4.78, 5) is 7.18. The molecule has 92 valence electrons. The molecular weight excluding hydrogens is 210 g/mol. The Morgan fingerprint density at radius 1 is 1.29 bits per heavy atom. The molecule has 2 aliphatic rings. The molecule has 3 rings (SSSR count). The van der Waals surface area contributed by atoms with Gasteiger partial charge in [0.2, 0.25) is 0 Å². The van der Waals surface area contributed by atoms with E-state index >= 15 is 0 Å². The van der Waals surface area contributed by atoms with Crippen LogP contribution in [-0.2, 0) is 12.8 Å². The van der Waals surface area contributed by atoms with Crippen molar-refractivity contribution in [3.8, 4) is 0 Å². The lowest BCUT2D eigenvalue weighted by Gasteiger charge is -2.32. The predicted molar refractivity (Wildman–Crippen MR) is 70.6 cm³/mol. The van der Waals surface area contributed by atoms with Gasteiger partial charge in [-0.1, -0.05) is 6.07 Å². The van der Waals surface area contributed by atoms with Crippen molar-refractivity contribution in [2.45, 2.75) is 38.1 Å². The molecule has 1 aromatic heterocycles. The second-order valence-corrected chi connectivity index (χ2v) is 5.24. The zero-order valence-corrected chi connectivity index (χ0v) is 10.6. The number of hydrogen-bond donors (Lipinski definition) is 1. The number of nitrogens with one attached hydrogen (secondary N) is 1. The number of hydrogen-bond acceptors (Lipinski definition) is 3. The van der Waals surface area contributed by atoms with Crippen LogP contribution in [-0.4, -0.2) is 31.2 Å². The number of piperidine rings is 1. The summed E-state index contributed by atoms with van der Waals surface area (Å²) in [5.41, 5.74) is 2.79. The fourth-order valence-electron chi connectivity index (χ4n) is 2.96. The van der Waals surface area contributed by atoms with Crippen LogP contribution in [0.15, 0.2) is 12.1 Å². The van der Waals surface area contributed by atoms with E-state index < -0.39 is 0 Å². The highest BCUT2D eigenvalue weighted by molar-refractivity contribution is 5.43. The van der Waals surface area contributed by atoms with Gasteiger partial charge in [-0.25, -0.2) is 4.98 Å². The predicted octanol–water partition coefficient (Wildman–Crippen LogP) is 1.76. The lowest BCUT2D eigenvalue weighted by atomic mass is 10.1. The van der Waals surface area contributed by atoms with Gasteiger partial charge in [-0.3, -0.25) is 0 Å². The van der Waals surface area contributed by atoms with E-state index in [1.54, 1.807) is 0 Å². The molecule has 17 heavy (non-hydrogen) atoms. The minimum absolute atomic E-state index is 0.607. The Kier molecular flexibility index (Phi) is 3.02. The summed E-state index contributed by atoms with van der Waals surface area (Å²) in [7, 11) is 2.18. The Morgan fingerprint density at radius 2 is 2.24 bits per heavy atom. The van der Waals surface area contributed by atoms with E-state index in [4.69, 9.17) is 4.98 Å². The molecule has 1 fully saturated rings. The van der Waals surface area contributed by atoms with Gasteiger partial charge in [0.05, 0.1) is 0 Å². The topological polar surface area (TPSA) is 28.2 Å². The maximum Gasteiger partial charge on any atom is 0.128 e. The van der Waals surface area contributed by atoms with Gasteiger partial charge in [-0.2, -0.15) is 0 Å². The largest absolute Gasteiger partial charge is 0.355 e. The van der Waals surface area contributed by atoms with Crippen LogP contribution in [0, 0.1) is 0 Å². The van der Waals surface area contributed by atoms with Crippen LogP contribution >= 0.6 is 0 Å². The van der Waals surface area contributed by atoms with Gasteiger partial charge in [-0.05, 0) is 50.3 Å². The average molecular weight is 231 g/mol. The molecule has 3 nitrogen and oxygen atoms in total. The Balaban J connectivity index is 1.78. The van der Waals surface area contributed by atoms with Crippen LogP contribution in [0.5, 0.6) is 0 Å². The van der Waals surface area contributed by atoms with Crippen molar-refractivity contribution >= 4 is 5.82 Å². The Bertz CT molecular complexity index is 396. The maximum absolute atomic E-state index is 4.83. The third-order valence-electron chi connectivity index (χ3n) is 4.09. The number of aromatic nitrogens is 1. The number of fused-ring (bicyclic) bond motifs is 1. The van der Waals surface area contributed by atoms with Gasteiger partial charge in [-0.15, -0.1) is 0 Å². The smallest absolute Gasteiger partial charge is 0.128 e. The van der Waals surface area contributed by atoms with Crippen LogP contribution in [0.4, 0.5) is 5.82 Å². The number of aryl methyl sites for hydroxylation is 2. The first kappa shape index (κ1) is 11.0. The summed E-state index contributed by atoms with van der Waals surface area (Å²) < 4.78 is 0. The van der Waals surface area contributed by atoms with E-state index in [1.165, 1.54) is 49.9 Å². The van der Waals surface area contributed by atoms with Crippen molar-refractivity contribution in [1.29, 1.82) is 0 Å². The highest BCUT2D eigenvalue weighted by Gasteiger charge is 2.20. The molecule has 0 saturated carbocycles. The first-order valence-corrected chi connectivity index (χ1v) is 6.77. The highest BCUT2D eigenvalue weighted by atomic mass is 15.2. The SMILES string of the molecule is CN(c1ccc2c(n1)CCC2)C1CCCNC1. The molecular formula is C14H21N3. The maximum atomic E-state index is 4.83. The van der Waals surface area contributed by atoms with Gasteiger partial charge in [0.1, 0.15) is 5.82 Å². The molecule has 1 aromatic rings. The standard InChI is InChI=1S/C14H21N3/c1-17(12-5-3-9-15-10-12)14-8-7-11-4-2-6-13(11)16-14/h7-8,12,15H,2-6,9-10H2,1H3. The van der Waals surface area contributed by atoms with E-state index in [0.29, 0.717) is 6.04 Å². The van der Waals surface area contributed by atoms with Gasteiger partial charge in [0, 0.05) is 25.3 Å². The number of nitrogens with zero attached hydrogens (tertiary/aromatic N) is 2. The molecule has 0 aromatic carbocycles. The third kappa shape index (κ3) is 2.16. The van der Waals surface area contributed by atoms with Crippen molar-refractivity contribution in [1.82, 2.24) is 10.3 Å². The first-order valence-electron chi connectivity index (χ1n) is 6.77. The normalized spacial score (nSPS) is 23.5. The van der Waals surface area contributed by atoms with E-state index in [9.17, 15) is 0 Å². The fourth-order valence-corrected chi connectivity index (χ4v) is 2.96. The van der Waals surface area contributed by atoms with E-state index in [2.05, 4.69) is 29.4 Å². The monoisotopic (exact) mass is 231 g/mol. The molecule has 2 heterocycles. The summed E-state index contributed by atoms with van der Waals surface area (Å²) >= 11 is 0. The molecule has 1 N–H and O–H groups in total. The molecule has 0 spiro atoms. The van der Waals surface area contributed by atoms with Crippen molar-refractivity contribution in [2.24, 2.45) is 0 Å². The molecule has 3 heteroatoms. The van der Waals surface area contributed by atoms with Crippen LogP contribution in [0.3, 0.4) is 0 Å². The minimum atomic E-state index is 0.607. The summed E-state index contributed by atoms with van der Waals surface area (Å²) in [5.74, 6) is 1.15. The fraction of sp³-hybridized carbons (Fsp3) is 0.643. The van der Waals surface area contributed by atoms with Crippen molar-refractivity contribution < 1.29 is 0 Å². The number of anilines is 1. The van der Waals surface area contributed by atoms with Gasteiger partial charge < -0.3 is 10.2 Å². The second kappa shape index (κ2) is 4.65. The zero-order valence-electron chi connectivity index (χ0n) is 10.6. The summed E-state index contributed by atoms with van der Waals surface area (Å²) in [6, 6.07) is 5.08. The van der Waals surface area contributed by atoms with Crippen molar-refractivity contribution in [3.05, 3.63) is 23.4 Å². The third-order valence-corrected chi connectivity index (χ3v) is 4.09. The first-order chi connectivity index (χ1) is 8.34. The summed E-state index contributed by atoms with van der Waals surface area (Å²) in [6.07, 6.45) is 6.22. The van der Waals surface area contributed by atoms with Crippen LogP contribution in [0.2, 0.25) is 0 Å². The zero-order chi connectivity index (χ0) is 11.7. The lowest BCUT2D eigenvalue weighted by molar-refractivity contribution is 0.443. The minimum Gasteiger partial charge on any atom is -0.355 e. The molecule has 1 atom stereocenters. The molecule has 1 saturated heterocycles. The second-order valence-electron chi connectivity index (χ2n) is 5.24. The highest BCUT2D eigenvalue weighted by Crippen LogP contribution is 2.24. The molecule has 0 amide bonds. The van der Waals surface area contributed by atoms with Gasteiger partial charge in [0.25, 0.3) is 0 Å². The number of pyridine rings is 1. The molecule has 1 aliphatic heterocycles. The Hall–Kier alpha value is -1.09. The average Bonchev–Trinajstić information content (AvgIpc) is 2.86. The number of likely N-dealkylation sites (N-methyl/N-ethyl adjacent to an activating group) is 1. The molecule has 0 bridgehead atoms. The summed E-state index contributed by atoms with van der Waals surface area (Å²) in [5, 5.41) is 3.47. The molecule has 0 radical (unpaired) electrons. The van der Waals surface area contributed by atoms with Crippen molar-refractivity contribution in [3.63, 3.8) is 0 Å². The van der Waals surface area contributed by atoms with Gasteiger partial charge >= 0.3 is 0 Å². The number of rotatable bonds is 2. The van der Waals surface area contributed by atoms with Gasteiger partial charge in [0.15, 0.2) is 0 Å². The Labute approximate surface area is 103 Å². The van der Waals surface area contributed by atoms with Crippen LogP contribution in [0.1, 0.15) is 30.5 Å². The van der Waals surface area contributed by atoms with Crippen molar-refractivity contribution in [2.75, 3.05) is 25.0 Å². The Morgan fingerprint density at radius 3 is 3.06 bits per heavy atom. The van der Waals surface area contributed by atoms with E-state index in [0.717, 1.165) is 12.4 Å². The lowest BCUT2D eigenvalue weighted by Crippen LogP contribution is -2.44. The van der Waals surface area contributed by atoms with E-state index in [1.807, 2.05) is 0 Å². The summed E-state index contributed by atoms with van der Waals surface area (Å²) in [6.45, 7) is 2.26. The van der Waals surface area contributed by atoms with Crippen LogP contribution in [0.25, 0.3) is 0 Å².